The van der Waals surface area contributed by atoms with Crippen molar-refractivity contribution in [3.63, 3.8) is 0 Å². The van der Waals surface area contributed by atoms with Crippen LogP contribution in [0.15, 0.2) is 12.1 Å². The zero-order valence-electron chi connectivity index (χ0n) is 12.5. The molecule has 0 amide bonds. The average molecular weight is 278 g/mol. The third kappa shape index (κ3) is 2.93. The maximum absolute atomic E-state index is 13.6. The molecule has 2 N–H and O–H groups in total. The van der Waals surface area contributed by atoms with Gasteiger partial charge in [0.2, 0.25) is 5.95 Å². The third-order valence-corrected chi connectivity index (χ3v) is 3.69. The van der Waals surface area contributed by atoms with E-state index in [4.69, 9.17) is 5.73 Å². The third-order valence-electron chi connectivity index (χ3n) is 3.69. The van der Waals surface area contributed by atoms with E-state index < -0.39 is 0 Å². The number of rotatable bonds is 6. The van der Waals surface area contributed by atoms with Gasteiger partial charge < -0.3 is 15.2 Å². The van der Waals surface area contributed by atoms with Gasteiger partial charge in [-0.05, 0) is 38.1 Å². The number of likely N-dealkylation sites (N-methyl/N-ethyl adjacent to an activating group) is 1. The summed E-state index contributed by atoms with van der Waals surface area (Å²) in [4.78, 5) is 6.62. The first kappa shape index (κ1) is 14.8. The molecule has 0 fully saturated rings. The van der Waals surface area contributed by atoms with Gasteiger partial charge in [0.05, 0.1) is 11.0 Å². The smallest absolute Gasteiger partial charge is 0.201 e. The Balaban J connectivity index is 2.25. The van der Waals surface area contributed by atoms with Crippen LogP contribution in [-0.4, -0.2) is 34.1 Å². The van der Waals surface area contributed by atoms with E-state index in [0.717, 1.165) is 38.1 Å². The maximum Gasteiger partial charge on any atom is 0.201 e. The molecule has 0 saturated heterocycles. The van der Waals surface area contributed by atoms with Gasteiger partial charge >= 0.3 is 0 Å². The number of fused-ring (bicyclic) bond motifs is 1. The number of nitrogens with two attached hydrogens (primary N) is 1. The lowest BCUT2D eigenvalue weighted by Crippen LogP contribution is -2.28. The first-order valence-electron chi connectivity index (χ1n) is 7.21. The molecule has 20 heavy (non-hydrogen) atoms. The van der Waals surface area contributed by atoms with Gasteiger partial charge in [0.15, 0.2) is 0 Å². The van der Waals surface area contributed by atoms with E-state index in [1.807, 2.05) is 10.6 Å². The van der Waals surface area contributed by atoms with Crippen molar-refractivity contribution in [3.05, 3.63) is 23.5 Å². The Hall–Kier alpha value is -1.62. The van der Waals surface area contributed by atoms with Gasteiger partial charge in [-0.1, -0.05) is 13.8 Å². The Kier molecular flexibility index (Phi) is 4.60. The van der Waals surface area contributed by atoms with Gasteiger partial charge in [-0.3, -0.25) is 0 Å². The molecule has 2 rings (SSSR count). The normalized spacial score (nSPS) is 11.7. The molecule has 4 nitrogen and oxygen atoms in total. The molecule has 0 saturated carbocycles. The highest BCUT2D eigenvalue weighted by atomic mass is 19.1. The molecule has 0 atom stereocenters. The van der Waals surface area contributed by atoms with Crippen LogP contribution in [0.5, 0.6) is 0 Å². The summed E-state index contributed by atoms with van der Waals surface area (Å²) in [5, 5.41) is 0. The fraction of sp³-hybridized carbons (Fsp3) is 0.533. The number of aromatic nitrogens is 2. The number of nitrogens with zero attached hydrogens (tertiary/aromatic N) is 3. The Bertz CT molecular complexity index is 591. The lowest BCUT2D eigenvalue weighted by molar-refractivity contribution is 0.278. The van der Waals surface area contributed by atoms with Gasteiger partial charge in [-0.15, -0.1) is 0 Å². The molecular weight excluding hydrogens is 255 g/mol. The van der Waals surface area contributed by atoms with Crippen LogP contribution in [-0.2, 0) is 6.54 Å². The molecule has 5 heteroatoms. The quantitative estimate of drug-likeness (QED) is 0.884. The lowest BCUT2D eigenvalue weighted by atomic mass is 10.2. The minimum Gasteiger partial charge on any atom is -0.369 e. The predicted octanol–water partition coefficient (Wildman–Crippen LogP) is 2.80. The van der Waals surface area contributed by atoms with E-state index in [9.17, 15) is 4.39 Å². The van der Waals surface area contributed by atoms with E-state index in [2.05, 4.69) is 23.7 Å². The second-order valence-electron chi connectivity index (χ2n) is 5.15. The summed E-state index contributed by atoms with van der Waals surface area (Å²) in [5.74, 6) is 0.223. The molecule has 0 unspecified atom stereocenters. The summed E-state index contributed by atoms with van der Waals surface area (Å²) in [7, 11) is 0. The average Bonchev–Trinajstić information content (AvgIpc) is 2.70. The number of halogens is 1. The van der Waals surface area contributed by atoms with Crippen molar-refractivity contribution in [3.8, 4) is 0 Å². The first-order chi connectivity index (χ1) is 9.56. The van der Waals surface area contributed by atoms with Crippen molar-refractivity contribution in [1.29, 1.82) is 0 Å². The summed E-state index contributed by atoms with van der Waals surface area (Å²) in [5.41, 5.74) is 8.13. The van der Waals surface area contributed by atoms with Crippen LogP contribution >= 0.6 is 0 Å². The molecule has 0 aliphatic carbocycles. The van der Waals surface area contributed by atoms with Crippen LogP contribution in [0.25, 0.3) is 11.0 Å². The van der Waals surface area contributed by atoms with Crippen molar-refractivity contribution in [2.24, 2.45) is 0 Å². The molecule has 2 aromatic rings. The SMILES string of the molecule is CCCN(CC)CCn1c(N)nc2cc(F)c(C)cc21. The second-order valence-corrected chi connectivity index (χ2v) is 5.15. The number of aryl methyl sites for hydroxylation is 1. The molecule has 0 radical (unpaired) electrons. The van der Waals surface area contributed by atoms with Crippen LogP contribution in [0.4, 0.5) is 10.3 Å². The zero-order chi connectivity index (χ0) is 14.7. The number of nitrogen functional groups attached to an aromatic ring is 1. The highest BCUT2D eigenvalue weighted by Gasteiger charge is 2.11. The number of anilines is 1. The van der Waals surface area contributed by atoms with Crippen molar-refractivity contribution in [2.75, 3.05) is 25.4 Å². The van der Waals surface area contributed by atoms with Crippen LogP contribution in [0, 0.1) is 12.7 Å². The topological polar surface area (TPSA) is 47.1 Å². The summed E-state index contributed by atoms with van der Waals surface area (Å²) >= 11 is 0. The van der Waals surface area contributed by atoms with Gasteiger partial charge in [-0.25, -0.2) is 9.37 Å². The Morgan fingerprint density at radius 1 is 1.30 bits per heavy atom. The molecule has 1 aromatic carbocycles. The molecule has 0 aliphatic rings. The van der Waals surface area contributed by atoms with Gasteiger partial charge in [-0.2, -0.15) is 0 Å². The summed E-state index contributed by atoms with van der Waals surface area (Å²) in [6.07, 6.45) is 1.14. The van der Waals surface area contributed by atoms with Crippen LogP contribution < -0.4 is 5.73 Å². The largest absolute Gasteiger partial charge is 0.369 e. The van der Waals surface area contributed by atoms with Gasteiger partial charge in [0.25, 0.3) is 0 Å². The van der Waals surface area contributed by atoms with E-state index >= 15 is 0 Å². The fourth-order valence-electron chi connectivity index (χ4n) is 2.49. The molecule has 1 aromatic heterocycles. The van der Waals surface area contributed by atoms with E-state index in [0.29, 0.717) is 17.0 Å². The zero-order valence-corrected chi connectivity index (χ0v) is 12.5. The Labute approximate surface area is 119 Å². The number of imidazole rings is 1. The minimum atomic E-state index is -0.233. The number of hydrogen-bond acceptors (Lipinski definition) is 3. The van der Waals surface area contributed by atoms with E-state index in [1.54, 1.807) is 6.92 Å². The minimum absolute atomic E-state index is 0.233. The fourth-order valence-corrected chi connectivity index (χ4v) is 2.49. The van der Waals surface area contributed by atoms with Crippen LogP contribution in [0.3, 0.4) is 0 Å². The van der Waals surface area contributed by atoms with Crippen molar-refractivity contribution < 1.29 is 4.39 Å². The second kappa shape index (κ2) is 6.22. The highest BCUT2D eigenvalue weighted by Crippen LogP contribution is 2.21. The summed E-state index contributed by atoms with van der Waals surface area (Å²) in [6.45, 7) is 9.90. The van der Waals surface area contributed by atoms with Crippen molar-refractivity contribution >= 4 is 17.0 Å². The highest BCUT2D eigenvalue weighted by molar-refractivity contribution is 5.79. The van der Waals surface area contributed by atoms with Crippen LogP contribution in [0.1, 0.15) is 25.8 Å². The standard InChI is InChI=1S/C15H23FN4/c1-4-6-19(5-2)7-8-20-14-9-11(3)12(16)10-13(14)18-15(20)17/h9-10H,4-8H2,1-3H3,(H2,17,18). The summed E-state index contributed by atoms with van der Waals surface area (Å²) < 4.78 is 15.5. The molecule has 1 heterocycles. The molecular formula is C15H23FN4. The maximum atomic E-state index is 13.6. The summed E-state index contributed by atoms with van der Waals surface area (Å²) in [6, 6.07) is 3.28. The predicted molar refractivity (Wildman–Crippen MR) is 81.2 cm³/mol. The molecule has 0 bridgehead atoms. The van der Waals surface area contributed by atoms with Crippen molar-refractivity contribution in [2.45, 2.75) is 33.7 Å². The Morgan fingerprint density at radius 3 is 2.70 bits per heavy atom. The number of benzene rings is 1. The van der Waals surface area contributed by atoms with Crippen molar-refractivity contribution in [1.82, 2.24) is 14.5 Å². The monoisotopic (exact) mass is 278 g/mol. The molecule has 0 aliphatic heterocycles. The van der Waals surface area contributed by atoms with E-state index in [1.165, 1.54) is 6.07 Å². The van der Waals surface area contributed by atoms with Gasteiger partial charge in [0, 0.05) is 19.2 Å². The molecule has 110 valence electrons. The van der Waals surface area contributed by atoms with Crippen LogP contribution in [0.2, 0.25) is 0 Å². The van der Waals surface area contributed by atoms with E-state index in [-0.39, 0.29) is 5.82 Å². The first-order valence-corrected chi connectivity index (χ1v) is 7.21. The van der Waals surface area contributed by atoms with Gasteiger partial charge in [0.1, 0.15) is 5.82 Å². The Morgan fingerprint density at radius 2 is 2.05 bits per heavy atom. The number of hydrogen-bond donors (Lipinski definition) is 1. The lowest BCUT2D eigenvalue weighted by Gasteiger charge is -2.20. The molecule has 0 spiro atoms.